The quantitative estimate of drug-likeness (QED) is 0.765. The summed E-state index contributed by atoms with van der Waals surface area (Å²) >= 11 is 12.5. The zero-order valence-electron chi connectivity index (χ0n) is 15.6. The van der Waals surface area contributed by atoms with E-state index in [4.69, 9.17) is 33.4 Å². The third-order valence-electron chi connectivity index (χ3n) is 5.88. The molecular weight excluding hydrogens is 399 g/mol. The largest absolute Gasteiger partial charge is 0.441 e. The molecule has 1 aromatic heterocycles. The van der Waals surface area contributed by atoms with E-state index >= 15 is 0 Å². The maximum atomic E-state index is 11.1. The van der Waals surface area contributed by atoms with Crippen molar-refractivity contribution in [3.8, 4) is 0 Å². The molecule has 0 radical (unpaired) electrons. The summed E-state index contributed by atoms with van der Waals surface area (Å²) in [6, 6.07) is 5.80. The fourth-order valence-electron chi connectivity index (χ4n) is 4.11. The van der Waals surface area contributed by atoms with Gasteiger partial charge in [-0.15, -0.1) is 0 Å². The van der Waals surface area contributed by atoms with Crippen molar-refractivity contribution < 1.29 is 9.21 Å². The van der Waals surface area contributed by atoms with E-state index in [1.54, 1.807) is 6.26 Å². The number of oxazole rings is 1. The first kappa shape index (κ1) is 19.6. The van der Waals surface area contributed by atoms with E-state index in [9.17, 15) is 4.79 Å². The van der Waals surface area contributed by atoms with E-state index in [1.165, 1.54) is 6.42 Å². The van der Waals surface area contributed by atoms with E-state index in [0.717, 1.165) is 56.9 Å². The average Bonchev–Trinajstić information content (AvgIpc) is 3.13. The van der Waals surface area contributed by atoms with Crippen molar-refractivity contribution in [2.75, 3.05) is 37.6 Å². The molecule has 0 atom stereocenters. The van der Waals surface area contributed by atoms with Gasteiger partial charge in [-0.3, -0.25) is 9.69 Å². The Morgan fingerprint density at radius 1 is 1.21 bits per heavy atom. The summed E-state index contributed by atoms with van der Waals surface area (Å²) in [5.74, 6) is 0.499. The Morgan fingerprint density at radius 2 is 1.96 bits per heavy atom. The molecule has 2 aromatic rings. The first-order valence-corrected chi connectivity index (χ1v) is 10.4. The number of benzene rings is 1. The van der Waals surface area contributed by atoms with Crippen LogP contribution in [0.4, 0.5) is 5.69 Å². The lowest BCUT2D eigenvalue weighted by molar-refractivity contribution is 0.0967. The standard InChI is InChI=1S/C20H24Cl2N4O2/c21-15-2-1-3-17(18(15)22)26-8-6-25(7-9-26)5-4-13-10-14(11-13)16-12-28-20(24-16)19(23)27/h1-3,12-14H,4-11H2,(H2,23,27)/t13-,14-. The lowest BCUT2D eigenvalue weighted by Crippen LogP contribution is -2.47. The number of aromatic nitrogens is 1. The van der Waals surface area contributed by atoms with Crippen LogP contribution in [0.2, 0.25) is 10.0 Å². The maximum Gasteiger partial charge on any atom is 0.304 e. The van der Waals surface area contributed by atoms with E-state index < -0.39 is 5.91 Å². The molecule has 1 saturated carbocycles. The number of carbonyl (C=O) groups is 1. The van der Waals surface area contributed by atoms with Gasteiger partial charge in [0.2, 0.25) is 0 Å². The van der Waals surface area contributed by atoms with Gasteiger partial charge >= 0.3 is 5.91 Å². The highest BCUT2D eigenvalue weighted by atomic mass is 35.5. The summed E-state index contributed by atoms with van der Waals surface area (Å²) in [5, 5.41) is 1.25. The number of amides is 1. The highest BCUT2D eigenvalue weighted by Gasteiger charge is 2.33. The first-order valence-electron chi connectivity index (χ1n) is 9.68. The van der Waals surface area contributed by atoms with Crippen molar-refractivity contribution in [3.63, 3.8) is 0 Å². The van der Waals surface area contributed by atoms with Crippen LogP contribution in [0.5, 0.6) is 0 Å². The van der Waals surface area contributed by atoms with Crippen LogP contribution < -0.4 is 10.6 Å². The molecule has 4 rings (SSSR count). The monoisotopic (exact) mass is 422 g/mol. The third kappa shape index (κ3) is 4.14. The number of hydrogen-bond acceptors (Lipinski definition) is 5. The van der Waals surface area contributed by atoms with E-state index in [2.05, 4.69) is 14.8 Å². The van der Waals surface area contributed by atoms with Gasteiger partial charge in [0.1, 0.15) is 6.26 Å². The third-order valence-corrected chi connectivity index (χ3v) is 6.69. The summed E-state index contributed by atoms with van der Waals surface area (Å²) in [7, 11) is 0. The van der Waals surface area contributed by atoms with Crippen molar-refractivity contribution in [2.24, 2.45) is 11.7 Å². The summed E-state index contributed by atoms with van der Waals surface area (Å²) < 4.78 is 5.12. The van der Waals surface area contributed by atoms with Gasteiger partial charge in [-0.1, -0.05) is 29.3 Å². The predicted molar refractivity (Wildman–Crippen MR) is 110 cm³/mol. The molecule has 2 heterocycles. The Hall–Kier alpha value is -1.76. The fraction of sp³-hybridized carbons (Fsp3) is 0.500. The van der Waals surface area contributed by atoms with E-state index in [-0.39, 0.29) is 5.89 Å². The van der Waals surface area contributed by atoms with Crippen LogP contribution in [0, 0.1) is 5.92 Å². The Kier molecular flexibility index (Phi) is 5.80. The minimum Gasteiger partial charge on any atom is -0.441 e. The summed E-state index contributed by atoms with van der Waals surface area (Å²) in [4.78, 5) is 20.1. The van der Waals surface area contributed by atoms with Crippen molar-refractivity contribution in [3.05, 3.63) is 46.1 Å². The SMILES string of the molecule is NC(=O)c1nc([C@H]2C[C@H](CCN3CCN(c4cccc(Cl)c4Cl)CC3)C2)co1. The normalized spacial score (nSPS) is 22.9. The number of nitrogens with zero attached hydrogens (tertiary/aromatic N) is 3. The van der Waals surface area contributed by atoms with Crippen LogP contribution in [-0.2, 0) is 0 Å². The number of carbonyl (C=O) groups excluding carboxylic acids is 1. The molecule has 2 aliphatic rings. The van der Waals surface area contributed by atoms with Crippen LogP contribution in [0.1, 0.15) is 41.6 Å². The Balaban J connectivity index is 1.19. The van der Waals surface area contributed by atoms with Crippen molar-refractivity contribution in [1.29, 1.82) is 0 Å². The number of nitrogens with two attached hydrogens (primary N) is 1. The Bertz CT molecular complexity index is 842. The van der Waals surface area contributed by atoms with Gasteiger partial charge in [0, 0.05) is 32.1 Å². The molecule has 1 aromatic carbocycles. The number of primary amides is 1. The minimum absolute atomic E-state index is 0.0103. The van der Waals surface area contributed by atoms with Crippen LogP contribution in [-0.4, -0.2) is 48.5 Å². The number of anilines is 1. The molecular formula is C20H24Cl2N4O2. The van der Waals surface area contributed by atoms with Gasteiger partial charge < -0.3 is 15.1 Å². The highest BCUT2D eigenvalue weighted by Crippen LogP contribution is 2.43. The minimum atomic E-state index is -0.611. The van der Waals surface area contributed by atoms with Crippen LogP contribution >= 0.6 is 23.2 Å². The van der Waals surface area contributed by atoms with Crippen molar-refractivity contribution >= 4 is 34.8 Å². The second kappa shape index (κ2) is 8.31. The molecule has 8 heteroatoms. The molecule has 150 valence electrons. The molecule has 2 N–H and O–H groups in total. The Labute approximate surface area is 174 Å². The lowest BCUT2D eigenvalue weighted by atomic mass is 9.72. The zero-order valence-corrected chi connectivity index (χ0v) is 17.1. The lowest BCUT2D eigenvalue weighted by Gasteiger charge is -2.39. The molecule has 0 unspecified atom stereocenters. The first-order chi connectivity index (χ1) is 13.5. The van der Waals surface area contributed by atoms with Crippen LogP contribution in [0.15, 0.2) is 28.9 Å². The van der Waals surface area contributed by atoms with Crippen molar-refractivity contribution in [1.82, 2.24) is 9.88 Å². The second-order valence-electron chi connectivity index (χ2n) is 7.67. The molecule has 1 aliphatic carbocycles. The molecule has 6 nitrogen and oxygen atoms in total. The van der Waals surface area contributed by atoms with E-state index in [0.29, 0.717) is 21.9 Å². The van der Waals surface area contributed by atoms with Gasteiger partial charge in [-0.05, 0) is 43.9 Å². The molecule has 0 spiro atoms. The molecule has 28 heavy (non-hydrogen) atoms. The Morgan fingerprint density at radius 3 is 2.64 bits per heavy atom. The van der Waals surface area contributed by atoms with Gasteiger partial charge in [-0.2, -0.15) is 0 Å². The van der Waals surface area contributed by atoms with Gasteiger partial charge in [-0.25, -0.2) is 4.98 Å². The number of halogens is 2. The molecule has 1 amide bonds. The van der Waals surface area contributed by atoms with Gasteiger partial charge in [0.15, 0.2) is 0 Å². The van der Waals surface area contributed by atoms with Gasteiger partial charge in [0.05, 0.1) is 21.4 Å². The molecule has 0 bridgehead atoms. The summed E-state index contributed by atoms with van der Waals surface area (Å²) in [6.45, 7) is 5.10. The fourth-order valence-corrected chi connectivity index (χ4v) is 4.53. The number of rotatable bonds is 6. The van der Waals surface area contributed by atoms with E-state index in [1.807, 2.05) is 18.2 Å². The predicted octanol–water partition coefficient (Wildman–Crippen LogP) is 3.79. The smallest absolute Gasteiger partial charge is 0.304 e. The number of piperazine rings is 1. The van der Waals surface area contributed by atoms with Crippen LogP contribution in [0.25, 0.3) is 0 Å². The molecule has 2 fully saturated rings. The topological polar surface area (TPSA) is 75.6 Å². The molecule has 1 saturated heterocycles. The van der Waals surface area contributed by atoms with Crippen LogP contribution in [0.3, 0.4) is 0 Å². The summed E-state index contributed by atoms with van der Waals surface area (Å²) in [6.07, 6.45) is 4.96. The average molecular weight is 423 g/mol. The number of hydrogen-bond donors (Lipinski definition) is 1. The van der Waals surface area contributed by atoms with Crippen molar-refractivity contribution in [2.45, 2.75) is 25.2 Å². The second-order valence-corrected chi connectivity index (χ2v) is 8.45. The zero-order chi connectivity index (χ0) is 19.7. The molecule has 1 aliphatic heterocycles. The highest BCUT2D eigenvalue weighted by molar-refractivity contribution is 6.43. The van der Waals surface area contributed by atoms with Gasteiger partial charge in [0.25, 0.3) is 5.89 Å². The maximum absolute atomic E-state index is 11.1. The summed E-state index contributed by atoms with van der Waals surface area (Å²) in [5.41, 5.74) is 7.07.